The van der Waals surface area contributed by atoms with E-state index in [0.717, 1.165) is 12.3 Å². The third-order valence-corrected chi connectivity index (χ3v) is 5.60. The summed E-state index contributed by atoms with van der Waals surface area (Å²) in [6, 6.07) is 0. The van der Waals surface area contributed by atoms with Gasteiger partial charge in [-0.05, 0) is 41.1 Å². The van der Waals surface area contributed by atoms with E-state index in [1.807, 2.05) is 6.08 Å². The molecule has 2 bridgehead atoms. The van der Waals surface area contributed by atoms with Gasteiger partial charge >= 0.3 is 0 Å². The molecular weight excluding hydrogens is 184 g/mol. The van der Waals surface area contributed by atoms with Crippen LogP contribution in [-0.4, -0.2) is 5.78 Å². The average molecular weight is 204 g/mol. The minimum atomic E-state index is 0.330. The highest BCUT2D eigenvalue weighted by molar-refractivity contribution is 5.94. The van der Waals surface area contributed by atoms with Gasteiger partial charge in [-0.25, -0.2) is 0 Å². The van der Waals surface area contributed by atoms with Crippen LogP contribution in [0.4, 0.5) is 0 Å². The van der Waals surface area contributed by atoms with E-state index >= 15 is 0 Å². The molecule has 0 radical (unpaired) electrons. The molecule has 3 saturated carbocycles. The molecule has 0 amide bonds. The molecule has 1 heteroatoms. The number of allylic oxidation sites excluding steroid dienone is 2. The fraction of sp³-hybridized carbons (Fsp3) is 0.786. The first kappa shape index (κ1) is 9.62. The first-order valence-corrected chi connectivity index (χ1v) is 6.09. The van der Waals surface area contributed by atoms with Gasteiger partial charge in [0.2, 0.25) is 0 Å². The standard InChI is InChI=1S/C14H20O/c1-13(2)10-6-8(15)5-9(10)11-7-12(13)14(11,3)4/h5,10-12H,6-7H2,1-4H3/t10?,11-,12+/m1/s1. The number of ketones is 1. The quantitative estimate of drug-likeness (QED) is 0.592. The lowest BCUT2D eigenvalue weighted by Crippen LogP contribution is -2.60. The van der Waals surface area contributed by atoms with Crippen molar-refractivity contribution in [3.63, 3.8) is 0 Å². The summed E-state index contributed by atoms with van der Waals surface area (Å²) in [5.74, 6) is 2.43. The van der Waals surface area contributed by atoms with Gasteiger partial charge in [0.1, 0.15) is 0 Å². The second-order valence-corrected chi connectivity index (χ2v) is 6.85. The van der Waals surface area contributed by atoms with E-state index in [1.54, 1.807) is 0 Å². The molecule has 82 valence electrons. The zero-order valence-corrected chi connectivity index (χ0v) is 10.1. The normalized spacial score (nSPS) is 44.4. The van der Waals surface area contributed by atoms with Crippen LogP contribution < -0.4 is 0 Å². The molecule has 3 atom stereocenters. The Hall–Kier alpha value is -0.590. The lowest BCUT2D eigenvalue weighted by atomic mass is 9.38. The van der Waals surface area contributed by atoms with Gasteiger partial charge in [0.15, 0.2) is 5.78 Å². The first-order valence-electron chi connectivity index (χ1n) is 6.09. The second kappa shape index (κ2) is 2.39. The van der Waals surface area contributed by atoms with Crippen LogP contribution in [-0.2, 0) is 4.79 Å². The van der Waals surface area contributed by atoms with Crippen molar-refractivity contribution in [3.05, 3.63) is 11.6 Å². The van der Waals surface area contributed by atoms with Crippen molar-refractivity contribution < 1.29 is 4.79 Å². The number of hydrogen-bond donors (Lipinski definition) is 0. The van der Waals surface area contributed by atoms with E-state index in [2.05, 4.69) is 27.7 Å². The Morgan fingerprint density at radius 3 is 2.33 bits per heavy atom. The van der Waals surface area contributed by atoms with Gasteiger partial charge < -0.3 is 0 Å². The van der Waals surface area contributed by atoms with Gasteiger partial charge in [0, 0.05) is 6.42 Å². The molecule has 1 nitrogen and oxygen atoms in total. The first-order chi connectivity index (χ1) is 6.85. The van der Waals surface area contributed by atoms with Crippen molar-refractivity contribution in [2.45, 2.75) is 40.5 Å². The molecule has 4 aliphatic rings. The maximum absolute atomic E-state index is 11.6. The Bertz CT molecular complexity index is 373. The highest BCUT2D eigenvalue weighted by Crippen LogP contribution is 2.71. The molecule has 0 spiro atoms. The SMILES string of the molecule is CC1(C)C2CC(=O)C=C2[C@H]2C[C@@H]1C2(C)C. The fourth-order valence-corrected chi connectivity index (χ4v) is 4.70. The van der Waals surface area contributed by atoms with Crippen LogP contribution in [0.5, 0.6) is 0 Å². The summed E-state index contributed by atoms with van der Waals surface area (Å²) in [4.78, 5) is 11.6. The topological polar surface area (TPSA) is 17.1 Å². The maximum Gasteiger partial charge on any atom is 0.156 e. The Kier molecular flexibility index (Phi) is 1.53. The highest BCUT2D eigenvalue weighted by Gasteiger charge is 2.64. The molecule has 0 saturated heterocycles. The molecule has 0 N–H and O–H groups in total. The van der Waals surface area contributed by atoms with Crippen LogP contribution in [0.25, 0.3) is 0 Å². The Morgan fingerprint density at radius 2 is 1.73 bits per heavy atom. The zero-order chi connectivity index (χ0) is 11.0. The van der Waals surface area contributed by atoms with Gasteiger partial charge in [-0.2, -0.15) is 0 Å². The lowest BCUT2D eigenvalue weighted by Gasteiger charge is -2.66. The largest absolute Gasteiger partial charge is 0.295 e. The van der Waals surface area contributed by atoms with Crippen LogP contribution in [0.3, 0.4) is 0 Å². The number of carbonyl (C=O) groups is 1. The van der Waals surface area contributed by atoms with E-state index in [1.165, 1.54) is 12.0 Å². The summed E-state index contributed by atoms with van der Waals surface area (Å²) in [5.41, 5.74) is 2.24. The molecule has 1 unspecified atom stereocenters. The monoisotopic (exact) mass is 204 g/mol. The Balaban J connectivity index is 2.10. The third kappa shape index (κ3) is 0.926. The van der Waals surface area contributed by atoms with Crippen molar-refractivity contribution >= 4 is 5.78 Å². The molecular formula is C14H20O. The van der Waals surface area contributed by atoms with E-state index in [4.69, 9.17) is 0 Å². The average Bonchev–Trinajstić information content (AvgIpc) is 2.45. The minimum absolute atomic E-state index is 0.330. The van der Waals surface area contributed by atoms with Crippen molar-refractivity contribution in [3.8, 4) is 0 Å². The van der Waals surface area contributed by atoms with Gasteiger partial charge in [-0.3, -0.25) is 4.79 Å². The molecule has 0 aliphatic heterocycles. The fourth-order valence-electron chi connectivity index (χ4n) is 4.70. The van der Waals surface area contributed by atoms with Crippen LogP contribution in [0.2, 0.25) is 0 Å². The number of rotatable bonds is 0. The van der Waals surface area contributed by atoms with Crippen LogP contribution in [0.15, 0.2) is 11.6 Å². The van der Waals surface area contributed by atoms with E-state index < -0.39 is 0 Å². The summed E-state index contributed by atoms with van der Waals surface area (Å²) < 4.78 is 0. The van der Waals surface area contributed by atoms with Crippen LogP contribution >= 0.6 is 0 Å². The second-order valence-electron chi connectivity index (χ2n) is 6.85. The van der Waals surface area contributed by atoms with Crippen molar-refractivity contribution in [2.75, 3.05) is 0 Å². The highest BCUT2D eigenvalue weighted by atomic mass is 16.1. The van der Waals surface area contributed by atoms with Gasteiger partial charge in [0.05, 0.1) is 0 Å². The van der Waals surface area contributed by atoms with Gasteiger partial charge in [0.25, 0.3) is 0 Å². The van der Waals surface area contributed by atoms with E-state index in [-0.39, 0.29) is 0 Å². The molecule has 0 heterocycles. The molecule has 0 aromatic rings. The smallest absolute Gasteiger partial charge is 0.156 e. The summed E-state index contributed by atoms with van der Waals surface area (Å²) in [7, 11) is 0. The molecule has 4 rings (SSSR count). The predicted octanol–water partition coefficient (Wildman–Crippen LogP) is 3.20. The molecule has 0 aromatic carbocycles. The Labute approximate surface area is 91.9 Å². The van der Waals surface area contributed by atoms with E-state index in [0.29, 0.717) is 28.4 Å². The maximum atomic E-state index is 11.6. The van der Waals surface area contributed by atoms with Gasteiger partial charge in [-0.15, -0.1) is 0 Å². The van der Waals surface area contributed by atoms with Crippen molar-refractivity contribution in [1.29, 1.82) is 0 Å². The van der Waals surface area contributed by atoms with E-state index in [9.17, 15) is 4.79 Å². The molecule has 0 aromatic heterocycles. The minimum Gasteiger partial charge on any atom is -0.295 e. The molecule has 4 aliphatic carbocycles. The van der Waals surface area contributed by atoms with Gasteiger partial charge in [-0.1, -0.05) is 33.3 Å². The number of hydrogen-bond acceptors (Lipinski definition) is 1. The van der Waals surface area contributed by atoms with Crippen LogP contribution in [0, 0.1) is 28.6 Å². The summed E-state index contributed by atoms with van der Waals surface area (Å²) in [5, 5.41) is 0. The van der Waals surface area contributed by atoms with Crippen molar-refractivity contribution in [1.82, 2.24) is 0 Å². The lowest BCUT2D eigenvalue weighted by molar-refractivity contribution is -0.137. The summed E-state index contributed by atoms with van der Waals surface area (Å²) in [6.45, 7) is 9.50. The molecule has 3 fully saturated rings. The third-order valence-electron chi connectivity index (χ3n) is 5.60. The van der Waals surface area contributed by atoms with Crippen molar-refractivity contribution in [2.24, 2.45) is 28.6 Å². The van der Waals surface area contributed by atoms with Crippen LogP contribution in [0.1, 0.15) is 40.5 Å². The molecule has 15 heavy (non-hydrogen) atoms. The summed E-state index contributed by atoms with van der Waals surface area (Å²) >= 11 is 0. The number of carbonyl (C=O) groups excluding carboxylic acids is 1. The summed E-state index contributed by atoms with van der Waals surface area (Å²) in [6.07, 6.45) is 4.06. The predicted molar refractivity (Wildman–Crippen MR) is 60.4 cm³/mol. The Morgan fingerprint density at radius 1 is 1.13 bits per heavy atom. The zero-order valence-electron chi connectivity index (χ0n) is 10.1.